The number of amides is 2. The van der Waals surface area contributed by atoms with Crippen LogP contribution in [0.4, 0.5) is 5.69 Å². The molecule has 0 spiro atoms. The molecular weight excluding hydrogens is 516 g/mol. The molecule has 9 heteroatoms. The Labute approximate surface area is 208 Å². The smallest absolute Gasteiger partial charge is 0.295 e. The zero-order valence-corrected chi connectivity index (χ0v) is 20.1. The van der Waals surface area contributed by atoms with Crippen LogP contribution in [-0.2, 0) is 4.79 Å². The highest BCUT2D eigenvalue weighted by Gasteiger charge is 2.43. The zero-order valence-electron chi connectivity index (χ0n) is 18.5. The van der Waals surface area contributed by atoms with Crippen LogP contribution < -0.4 is 25.5 Å². The van der Waals surface area contributed by atoms with E-state index in [-0.39, 0.29) is 23.4 Å². The molecule has 0 saturated carbocycles. The first-order valence-corrected chi connectivity index (χ1v) is 11.4. The van der Waals surface area contributed by atoms with Gasteiger partial charge >= 0.3 is 0 Å². The van der Waals surface area contributed by atoms with Crippen LogP contribution in [0.1, 0.15) is 27.7 Å². The average Bonchev–Trinajstić information content (AvgIpc) is 3.16. The third-order valence-electron chi connectivity index (χ3n) is 5.76. The highest BCUT2D eigenvalue weighted by atomic mass is 79.9. The lowest BCUT2D eigenvalue weighted by molar-refractivity contribution is -0.119. The number of benzene rings is 3. The fourth-order valence-electron chi connectivity index (χ4n) is 4.17. The van der Waals surface area contributed by atoms with Crippen LogP contribution in [0.2, 0.25) is 0 Å². The summed E-state index contributed by atoms with van der Waals surface area (Å²) in [5.74, 6) is 0.0503. The number of carbonyl (C=O) groups is 2. The summed E-state index contributed by atoms with van der Waals surface area (Å²) in [6.07, 6.45) is 0. The third kappa shape index (κ3) is 4.04. The number of methoxy groups -OCH3 is 1. The lowest BCUT2D eigenvalue weighted by atomic mass is 9.98. The quantitative estimate of drug-likeness (QED) is 0.397. The van der Waals surface area contributed by atoms with Gasteiger partial charge in [-0.2, -0.15) is 0 Å². The molecule has 2 amide bonds. The normalized spacial score (nSPS) is 14.7. The number of rotatable bonds is 6. The van der Waals surface area contributed by atoms with E-state index in [9.17, 15) is 14.4 Å². The minimum Gasteiger partial charge on any atom is -0.497 e. The monoisotopic (exact) mass is 534 g/mol. The molecule has 1 unspecified atom stereocenters. The number of hydrogen-bond acceptors (Lipinski definition) is 6. The molecule has 0 bridgehead atoms. The van der Waals surface area contributed by atoms with Gasteiger partial charge in [0.15, 0.2) is 12.0 Å². The Morgan fingerprint density at radius 3 is 2.37 bits per heavy atom. The fourth-order valence-corrected chi connectivity index (χ4v) is 4.53. The van der Waals surface area contributed by atoms with E-state index in [0.717, 1.165) is 4.47 Å². The molecule has 0 saturated heterocycles. The second kappa shape index (κ2) is 8.92. The summed E-state index contributed by atoms with van der Waals surface area (Å²) in [4.78, 5) is 39.8. The van der Waals surface area contributed by atoms with E-state index in [2.05, 4.69) is 15.9 Å². The van der Waals surface area contributed by atoms with Crippen LogP contribution in [-0.4, -0.2) is 25.5 Å². The summed E-state index contributed by atoms with van der Waals surface area (Å²) < 4.78 is 17.3. The predicted molar refractivity (Wildman–Crippen MR) is 133 cm³/mol. The van der Waals surface area contributed by atoms with Gasteiger partial charge in [-0.3, -0.25) is 19.3 Å². The molecule has 2 heterocycles. The maximum atomic E-state index is 13.7. The molecule has 0 radical (unpaired) electrons. The van der Waals surface area contributed by atoms with Crippen LogP contribution >= 0.6 is 15.9 Å². The molecule has 3 aromatic carbocycles. The fraction of sp³-hybridized carbons (Fsp3) is 0.115. The molecule has 5 rings (SSSR count). The molecule has 8 nitrogen and oxygen atoms in total. The van der Waals surface area contributed by atoms with Crippen LogP contribution in [0.3, 0.4) is 0 Å². The summed E-state index contributed by atoms with van der Waals surface area (Å²) in [7, 11) is 1.56. The van der Waals surface area contributed by atoms with E-state index < -0.39 is 17.9 Å². The average molecular weight is 535 g/mol. The summed E-state index contributed by atoms with van der Waals surface area (Å²) in [6.45, 7) is -0.257. The zero-order chi connectivity index (χ0) is 24.7. The number of primary amides is 1. The van der Waals surface area contributed by atoms with Gasteiger partial charge in [-0.25, -0.2) is 0 Å². The number of halogens is 1. The molecule has 0 aliphatic carbocycles. The second-order valence-electron chi connectivity index (χ2n) is 7.91. The van der Waals surface area contributed by atoms with Gasteiger partial charge in [0, 0.05) is 10.2 Å². The molecule has 0 fully saturated rings. The predicted octanol–water partition coefficient (Wildman–Crippen LogP) is 4.18. The lowest BCUT2D eigenvalue weighted by Gasteiger charge is -2.25. The van der Waals surface area contributed by atoms with Crippen molar-refractivity contribution in [2.24, 2.45) is 5.73 Å². The molecule has 176 valence electrons. The number of nitrogens with zero attached hydrogens (tertiary/aromatic N) is 1. The Kier molecular flexibility index (Phi) is 5.78. The van der Waals surface area contributed by atoms with Gasteiger partial charge in [0.25, 0.3) is 11.8 Å². The van der Waals surface area contributed by atoms with Crippen molar-refractivity contribution in [2.45, 2.75) is 6.04 Å². The second-order valence-corrected chi connectivity index (χ2v) is 8.83. The summed E-state index contributed by atoms with van der Waals surface area (Å²) in [5, 5.41) is 0.369. The minimum atomic E-state index is -0.740. The number of hydrogen-bond donors (Lipinski definition) is 1. The highest BCUT2D eigenvalue weighted by Crippen LogP contribution is 2.42. The first kappa shape index (κ1) is 22.7. The number of fused-ring (bicyclic) bond motifs is 2. The largest absolute Gasteiger partial charge is 0.497 e. The maximum Gasteiger partial charge on any atom is 0.295 e. The van der Waals surface area contributed by atoms with Gasteiger partial charge in [0.05, 0.1) is 24.1 Å². The molecule has 1 aliphatic rings. The SMILES string of the molecule is COc1ccc(N2C(=O)c3oc4ccc(Br)cc4c(=O)c3C2c2ccc(OCC(N)=O)cc2)cc1. The minimum absolute atomic E-state index is 0.000282. The Balaban J connectivity index is 1.68. The first-order chi connectivity index (χ1) is 16.9. The van der Waals surface area contributed by atoms with Gasteiger partial charge < -0.3 is 19.6 Å². The van der Waals surface area contributed by atoms with Crippen LogP contribution in [0.25, 0.3) is 11.0 Å². The Morgan fingerprint density at radius 1 is 1.03 bits per heavy atom. The molecule has 4 aromatic rings. The van der Waals surface area contributed by atoms with E-state index in [1.54, 1.807) is 73.8 Å². The van der Waals surface area contributed by atoms with Crippen LogP contribution in [0.5, 0.6) is 11.5 Å². The van der Waals surface area contributed by atoms with Crippen LogP contribution in [0, 0.1) is 0 Å². The van der Waals surface area contributed by atoms with Crippen molar-refractivity contribution >= 4 is 44.4 Å². The van der Waals surface area contributed by atoms with E-state index >= 15 is 0 Å². The van der Waals surface area contributed by atoms with Gasteiger partial charge in [0.1, 0.15) is 17.1 Å². The molecule has 1 aromatic heterocycles. The summed E-state index contributed by atoms with van der Waals surface area (Å²) in [5.41, 5.74) is 6.69. The van der Waals surface area contributed by atoms with Crippen LogP contribution in [0.15, 0.2) is 80.4 Å². The van der Waals surface area contributed by atoms with E-state index in [1.807, 2.05) is 0 Å². The van der Waals surface area contributed by atoms with E-state index in [1.165, 1.54) is 4.90 Å². The molecular formula is C26H19BrN2O6. The number of nitrogens with two attached hydrogens (primary N) is 1. The molecule has 35 heavy (non-hydrogen) atoms. The third-order valence-corrected chi connectivity index (χ3v) is 6.25. The summed E-state index contributed by atoms with van der Waals surface area (Å²) in [6, 6.07) is 18.1. The topological polar surface area (TPSA) is 112 Å². The van der Waals surface area contributed by atoms with Crippen molar-refractivity contribution < 1.29 is 23.5 Å². The standard InChI is InChI=1S/C26H19BrN2O6/c1-33-17-9-5-16(6-10-17)29-23(14-2-7-18(8-3-14)34-13-21(28)30)22-24(31)19-12-15(27)4-11-20(19)35-25(22)26(29)32/h2-12,23H,13H2,1H3,(H2,28,30). The van der Waals surface area contributed by atoms with Crippen molar-refractivity contribution in [3.8, 4) is 11.5 Å². The molecule has 1 aliphatic heterocycles. The van der Waals surface area contributed by atoms with E-state index in [4.69, 9.17) is 19.6 Å². The first-order valence-electron chi connectivity index (χ1n) is 10.6. The van der Waals surface area contributed by atoms with Gasteiger partial charge in [0.2, 0.25) is 5.76 Å². The number of ether oxygens (including phenoxy) is 2. The Morgan fingerprint density at radius 2 is 1.71 bits per heavy atom. The van der Waals surface area contributed by atoms with Crippen molar-refractivity contribution in [1.82, 2.24) is 0 Å². The van der Waals surface area contributed by atoms with Crippen molar-refractivity contribution in [3.63, 3.8) is 0 Å². The number of carbonyl (C=O) groups excluding carboxylic acids is 2. The summed E-state index contributed by atoms with van der Waals surface area (Å²) >= 11 is 3.40. The Hall–Kier alpha value is -4.11. The molecule has 2 N–H and O–H groups in total. The molecule has 1 atom stereocenters. The lowest BCUT2D eigenvalue weighted by Crippen LogP contribution is -2.29. The maximum absolute atomic E-state index is 13.7. The van der Waals surface area contributed by atoms with Crippen molar-refractivity contribution in [3.05, 3.63) is 98.3 Å². The van der Waals surface area contributed by atoms with Crippen molar-refractivity contribution in [2.75, 3.05) is 18.6 Å². The number of anilines is 1. The Bertz CT molecular complexity index is 1510. The van der Waals surface area contributed by atoms with Gasteiger partial charge in [-0.15, -0.1) is 0 Å². The van der Waals surface area contributed by atoms with Gasteiger partial charge in [-0.05, 0) is 60.2 Å². The van der Waals surface area contributed by atoms with Crippen molar-refractivity contribution in [1.29, 1.82) is 0 Å². The van der Waals surface area contributed by atoms with E-state index in [0.29, 0.717) is 33.7 Å². The highest BCUT2D eigenvalue weighted by molar-refractivity contribution is 9.10. The van der Waals surface area contributed by atoms with Gasteiger partial charge in [-0.1, -0.05) is 28.1 Å².